The molecule has 2 N–H and O–H groups in total. The monoisotopic (exact) mass is 355 g/mol. The average Bonchev–Trinajstić information content (AvgIpc) is 2.60. The van der Waals surface area contributed by atoms with E-state index in [-0.39, 0.29) is 10.9 Å². The second kappa shape index (κ2) is 8.34. The van der Waals surface area contributed by atoms with E-state index in [0.717, 1.165) is 25.7 Å². The maximum Gasteiger partial charge on any atom is 0.319 e. The fourth-order valence-corrected chi connectivity index (χ4v) is 4.15. The Morgan fingerprint density at radius 2 is 1.96 bits per heavy atom. The largest absolute Gasteiger partial charge is 0.495 e. The first-order chi connectivity index (χ1) is 11.5. The van der Waals surface area contributed by atoms with Crippen LogP contribution in [0.4, 0.5) is 10.5 Å². The average molecular weight is 355 g/mol. The highest BCUT2D eigenvalue weighted by Crippen LogP contribution is 2.29. The highest BCUT2D eigenvalue weighted by Gasteiger charge is 2.26. The van der Waals surface area contributed by atoms with Gasteiger partial charge in [0.05, 0.1) is 17.7 Å². The molecule has 1 aromatic carbocycles. The van der Waals surface area contributed by atoms with Crippen molar-refractivity contribution < 1.29 is 17.9 Å². The number of amides is 2. The SMILES string of the molecule is CCCNC(=O)Nc1cc(S(=O)(=O)N2CCCCC2)ccc1OC. The predicted octanol–water partition coefficient (Wildman–Crippen LogP) is 2.40. The first-order valence-electron chi connectivity index (χ1n) is 8.22. The highest BCUT2D eigenvalue weighted by molar-refractivity contribution is 7.89. The molecule has 7 nitrogen and oxygen atoms in total. The molecule has 134 valence electrons. The van der Waals surface area contributed by atoms with Crippen molar-refractivity contribution in [2.45, 2.75) is 37.5 Å². The molecule has 0 aliphatic carbocycles. The van der Waals surface area contributed by atoms with Crippen molar-refractivity contribution in [3.8, 4) is 5.75 Å². The summed E-state index contributed by atoms with van der Waals surface area (Å²) in [7, 11) is -2.08. The molecule has 0 saturated carbocycles. The Morgan fingerprint density at radius 3 is 2.58 bits per heavy atom. The molecule has 1 fully saturated rings. The van der Waals surface area contributed by atoms with Crippen LogP contribution in [-0.4, -0.2) is 45.5 Å². The van der Waals surface area contributed by atoms with Crippen LogP contribution in [0.3, 0.4) is 0 Å². The summed E-state index contributed by atoms with van der Waals surface area (Å²) in [6, 6.07) is 4.14. The van der Waals surface area contributed by atoms with Crippen LogP contribution in [0.2, 0.25) is 0 Å². The number of urea groups is 1. The number of methoxy groups -OCH3 is 1. The first kappa shape index (κ1) is 18.5. The van der Waals surface area contributed by atoms with Crippen molar-refractivity contribution >= 4 is 21.7 Å². The number of carbonyl (C=O) groups is 1. The predicted molar refractivity (Wildman–Crippen MR) is 92.9 cm³/mol. The van der Waals surface area contributed by atoms with Crippen LogP contribution in [0.5, 0.6) is 5.75 Å². The molecule has 0 aromatic heterocycles. The van der Waals surface area contributed by atoms with Gasteiger partial charge in [-0.1, -0.05) is 13.3 Å². The second-order valence-corrected chi connectivity index (χ2v) is 7.65. The molecule has 1 aliphatic rings. The third-order valence-corrected chi connectivity index (χ3v) is 5.80. The summed E-state index contributed by atoms with van der Waals surface area (Å²) in [5, 5.41) is 5.34. The molecule has 2 amide bonds. The Morgan fingerprint density at radius 1 is 1.25 bits per heavy atom. The topological polar surface area (TPSA) is 87.7 Å². The Balaban J connectivity index is 2.25. The smallest absolute Gasteiger partial charge is 0.319 e. The number of ether oxygens (including phenoxy) is 1. The van der Waals surface area contributed by atoms with Gasteiger partial charge in [0, 0.05) is 19.6 Å². The molecule has 1 saturated heterocycles. The number of piperidine rings is 1. The Hall–Kier alpha value is -1.80. The molecule has 0 unspecified atom stereocenters. The first-order valence-corrected chi connectivity index (χ1v) is 9.66. The van der Waals surface area contributed by atoms with Crippen molar-refractivity contribution in [2.75, 3.05) is 32.1 Å². The molecule has 2 rings (SSSR count). The lowest BCUT2D eigenvalue weighted by Gasteiger charge is -2.26. The third kappa shape index (κ3) is 4.39. The summed E-state index contributed by atoms with van der Waals surface area (Å²) >= 11 is 0. The van der Waals surface area contributed by atoms with Crippen LogP contribution in [0.25, 0.3) is 0 Å². The quantitative estimate of drug-likeness (QED) is 0.820. The van der Waals surface area contributed by atoms with E-state index in [4.69, 9.17) is 4.74 Å². The van der Waals surface area contributed by atoms with Gasteiger partial charge in [-0.25, -0.2) is 13.2 Å². The van der Waals surface area contributed by atoms with E-state index in [1.54, 1.807) is 6.07 Å². The Kier molecular flexibility index (Phi) is 6.44. The molecule has 1 aromatic rings. The number of nitrogens with one attached hydrogen (secondary N) is 2. The summed E-state index contributed by atoms with van der Waals surface area (Å²) < 4.78 is 32.2. The van der Waals surface area contributed by atoms with Crippen LogP contribution < -0.4 is 15.4 Å². The van der Waals surface area contributed by atoms with E-state index in [1.165, 1.54) is 23.5 Å². The summed E-state index contributed by atoms with van der Waals surface area (Å²) in [4.78, 5) is 12.0. The maximum atomic E-state index is 12.8. The highest BCUT2D eigenvalue weighted by atomic mass is 32.2. The molecule has 24 heavy (non-hydrogen) atoms. The minimum Gasteiger partial charge on any atom is -0.495 e. The van der Waals surface area contributed by atoms with Gasteiger partial charge < -0.3 is 15.4 Å². The van der Waals surface area contributed by atoms with E-state index >= 15 is 0 Å². The van der Waals surface area contributed by atoms with Crippen molar-refractivity contribution in [3.63, 3.8) is 0 Å². The van der Waals surface area contributed by atoms with Gasteiger partial charge in [0.15, 0.2) is 0 Å². The fraction of sp³-hybridized carbons (Fsp3) is 0.562. The number of carbonyl (C=O) groups excluding carboxylic acids is 1. The molecule has 0 radical (unpaired) electrons. The number of anilines is 1. The van der Waals surface area contributed by atoms with Crippen molar-refractivity contribution in [3.05, 3.63) is 18.2 Å². The molecule has 1 heterocycles. The van der Waals surface area contributed by atoms with Gasteiger partial charge >= 0.3 is 6.03 Å². The molecule has 0 bridgehead atoms. The van der Waals surface area contributed by atoms with Crippen LogP contribution in [0.15, 0.2) is 23.1 Å². The van der Waals surface area contributed by atoms with Crippen molar-refractivity contribution in [2.24, 2.45) is 0 Å². The molecule has 8 heteroatoms. The van der Waals surface area contributed by atoms with Crippen molar-refractivity contribution in [1.82, 2.24) is 9.62 Å². The Labute approximate surface area is 143 Å². The van der Waals surface area contributed by atoms with E-state index in [0.29, 0.717) is 31.1 Å². The normalized spacial score (nSPS) is 15.8. The maximum absolute atomic E-state index is 12.8. The molecular formula is C16H25N3O4S. The van der Waals surface area contributed by atoms with Crippen LogP contribution >= 0.6 is 0 Å². The van der Waals surface area contributed by atoms with E-state index in [9.17, 15) is 13.2 Å². The van der Waals surface area contributed by atoms with Gasteiger partial charge in [-0.05, 0) is 37.5 Å². The summed E-state index contributed by atoms with van der Waals surface area (Å²) in [6.07, 6.45) is 3.62. The van der Waals surface area contributed by atoms with Gasteiger partial charge in [-0.2, -0.15) is 4.31 Å². The number of rotatable bonds is 6. The van der Waals surface area contributed by atoms with Gasteiger partial charge in [-0.15, -0.1) is 0 Å². The van der Waals surface area contributed by atoms with Gasteiger partial charge in [0.25, 0.3) is 0 Å². The lowest BCUT2D eigenvalue weighted by molar-refractivity contribution is 0.252. The second-order valence-electron chi connectivity index (χ2n) is 5.71. The standard InChI is InChI=1S/C16H25N3O4S/c1-3-9-17-16(20)18-14-12-13(7-8-15(14)23-2)24(21,22)19-10-5-4-6-11-19/h7-8,12H,3-6,9-11H2,1-2H3,(H2,17,18,20). The van der Waals surface area contributed by atoms with Crippen LogP contribution in [-0.2, 0) is 10.0 Å². The lowest BCUT2D eigenvalue weighted by Crippen LogP contribution is -2.35. The molecule has 0 atom stereocenters. The zero-order valence-corrected chi connectivity index (χ0v) is 15.0. The third-order valence-electron chi connectivity index (χ3n) is 3.91. The van der Waals surface area contributed by atoms with Crippen LogP contribution in [0, 0.1) is 0 Å². The number of hydrogen-bond donors (Lipinski definition) is 2. The zero-order valence-electron chi connectivity index (χ0n) is 14.2. The van der Waals surface area contributed by atoms with Crippen molar-refractivity contribution in [1.29, 1.82) is 0 Å². The van der Waals surface area contributed by atoms with Gasteiger partial charge in [0.2, 0.25) is 10.0 Å². The number of nitrogens with zero attached hydrogens (tertiary/aromatic N) is 1. The summed E-state index contributed by atoms with van der Waals surface area (Å²) in [6.45, 7) is 3.56. The summed E-state index contributed by atoms with van der Waals surface area (Å²) in [5.41, 5.74) is 0.337. The molecule has 0 spiro atoms. The minimum absolute atomic E-state index is 0.163. The van der Waals surface area contributed by atoms with Crippen LogP contribution in [0.1, 0.15) is 32.6 Å². The zero-order chi connectivity index (χ0) is 17.6. The fourth-order valence-electron chi connectivity index (χ4n) is 2.60. The Bertz CT molecular complexity index is 670. The number of benzene rings is 1. The summed E-state index contributed by atoms with van der Waals surface area (Å²) in [5.74, 6) is 0.416. The van der Waals surface area contributed by atoms with E-state index in [2.05, 4.69) is 10.6 Å². The lowest BCUT2D eigenvalue weighted by atomic mass is 10.2. The van der Waals surface area contributed by atoms with Gasteiger partial charge in [0.1, 0.15) is 5.75 Å². The van der Waals surface area contributed by atoms with E-state index in [1.807, 2.05) is 6.92 Å². The molecular weight excluding hydrogens is 330 g/mol. The minimum atomic E-state index is -3.56. The number of sulfonamides is 1. The van der Waals surface area contributed by atoms with E-state index < -0.39 is 10.0 Å². The number of hydrogen-bond acceptors (Lipinski definition) is 4. The molecule has 1 aliphatic heterocycles. The van der Waals surface area contributed by atoms with Gasteiger partial charge in [-0.3, -0.25) is 0 Å².